The van der Waals surface area contributed by atoms with Gasteiger partial charge in [0.05, 0.1) is 0 Å². The fourth-order valence-electron chi connectivity index (χ4n) is 7.71. The van der Waals surface area contributed by atoms with E-state index in [-0.39, 0.29) is 31.1 Å². The number of carbonyl (C=O) groups is 3. The second-order valence-corrected chi connectivity index (χ2v) is 17.8. The summed E-state index contributed by atoms with van der Waals surface area (Å²) in [4.78, 5) is 38.0. The third-order valence-electron chi connectivity index (χ3n) is 11.7. The number of unbranched alkanes of at least 4 members (excludes halogenated alkanes) is 33. The van der Waals surface area contributed by atoms with Gasteiger partial charge in [0, 0.05) is 19.3 Å². The van der Waals surface area contributed by atoms with E-state index in [4.69, 9.17) is 14.2 Å². The van der Waals surface area contributed by atoms with Crippen molar-refractivity contribution in [1.29, 1.82) is 0 Å². The lowest BCUT2D eigenvalue weighted by Crippen LogP contribution is -2.30. The highest BCUT2D eigenvalue weighted by molar-refractivity contribution is 5.71. The van der Waals surface area contributed by atoms with Crippen molar-refractivity contribution in [3.05, 3.63) is 24.3 Å². The molecule has 0 aromatic rings. The van der Waals surface area contributed by atoms with Crippen molar-refractivity contribution in [2.45, 2.75) is 290 Å². The van der Waals surface area contributed by atoms with Gasteiger partial charge in [0.25, 0.3) is 0 Å². The summed E-state index contributed by atoms with van der Waals surface area (Å²) in [6, 6.07) is 0. The van der Waals surface area contributed by atoms with Crippen LogP contribution in [-0.4, -0.2) is 37.2 Å². The Hall–Kier alpha value is -2.11. The quantitative estimate of drug-likeness (QED) is 0.0263. The Morgan fingerprint density at radius 2 is 0.600 bits per heavy atom. The summed E-state index contributed by atoms with van der Waals surface area (Å²) in [6.07, 6.45) is 55.8. The van der Waals surface area contributed by atoms with E-state index in [1.165, 1.54) is 167 Å². The van der Waals surface area contributed by atoms with E-state index in [1.807, 2.05) is 0 Å². The van der Waals surface area contributed by atoms with Gasteiger partial charge in [-0.2, -0.15) is 0 Å². The largest absolute Gasteiger partial charge is 0.462 e. The molecule has 0 heterocycles. The Kier molecular flexibility index (Phi) is 47.8. The molecule has 0 aliphatic heterocycles. The normalized spacial score (nSPS) is 12.1. The molecule has 0 bridgehead atoms. The first-order valence-electron chi connectivity index (χ1n) is 26.3. The van der Waals surface area contributed by atoms with Gasteiger partial charge in [-0.1, -0.05) is 238 Å². The molecule has 6 heteroatoms. The van der Waals surface area contributed by atoms with Gasteiger partial charge in [-0.05, 0) is 51.4 Å². The zero-order chi connectivity index (χ0) is 43.7. The van der Waals surface area contributed by atoms with E-state index in [2.05, 4.69) is 45.1 Å². The van der Waals surface area contributed by atoms with Gasteiger partial charge < -0.3 is 14.2 Å². The third-order valence-corrected chi connectivity index (χ3v) is 11.7. The highest BCUT2D eigenvalue weighted by Gasteiger charge is 2.19. The first-order chi connectivity index (χ1) is 29.5. The maximum Gasteiger partial charge on any atom is 0.306 e. The van der Waals surface area contributed by atoms with E-state index in [1.54, 1.807) is 0 Å². The minimum atomic E-state index is -0.770. The number of hydrogen-bond donors (Lipinski definition) is 0. The molecule has 0 aliphatic carbocycles. The van der Waals surface area contributed by atoms with Crippen LogP contribution in [0, 0.1) is 0 Å². The molecule has 0 spiro atoms. The molecule has 0 saturated heterocycles. The average molecular weight is 845 g/mol. The Bertz CT molecular complexity index is 973. The van der Waals surface area contributed by atoms with Crippen molar-refractivity contribution in [3.63, 3.8) is 0 Å². The molecule has 352 valence electrons. The number of esters is 3. The Morgan fingerprint density at radius 3 is 0.950 bits per heavy atom. The van der Waals surface area contributed by atoms with Gasteiger partial charge >= 0.3 is 17.9 Å². The monoisotopic (exact) mass is 845 g/mol. The molecule has 0 aromatic carbocycles. The molecule has 0 amide bonds. The zero-order valence-electron chi connectivity index (χ0n) is 40.2. The smallest absolute Gasteiger partial charge is 0.306 e. The van der Waals surface area contributed by atoms with E-state index >= 15 is 0 Å². The summed E-state index contributed by atoms with van der Waals surface area (Å²) in [5.74, 6) is -0.870. The second-order valence-electron chi connectivity index (χ2n) is 17.8. The van der Waals surface area contributed by atoms with E-state index in [0.717, 1.165) is 77.0 Å². The van der Waals surface area contributed by atoms with Crippen LogP contribution >= 0.6 is 0 Å². The number of rotatable bonds is 48. The van der Waals surface area contributed by atoms with Crippen LogP contribution in [0.5, 0.6) is 0 Å². The minimum Gasteiger partial charge on any atom is -0.462 e. The van der Waals surface area contributed by atoms with E-state index in [0.29, 0.717) is 19.3 Å². The molecule has 1 atom stereocenters. The predicted octanol–water partition coefficient (Wildman–Crippen LogP) is 17.2. The van der Waals surface area contributed by atoms with Gasteiger partial charge in [-0.25, -0.2) is 0 Å². The van der Waals surface area contributed by atoms with Crippen molar-refractivity contribution in [2.24, 2.45) is 0 Å². The second kappa shape index (κ2) is 49.5. The van der Waals surface area contributed by atoms with Crippen molar-refractivity contribution in [3.8, 4) is 0 Å². The number of carbonyl (C=O) groups excluding carboxylic acids is 3. The molecule has 0 fully saturated rings. The molecule has 0 radical (unpaired) electrons. The standard InChI is InChI=1S/C54H100O6/c1-4-7-10-13-16-19-22-25-27-29-32-35-38-41-44-47-53(56)59-50-51(49-58-52(55)46-43-40-37-34-31-24-21-18-15-12-9-6-3)60-54(57)48-45-42-39-36-33-30-28-26-23-20-17-14-11-8-5-2/h16,19,25,27,51H,4-15,17-18,20-24,26,28-50H2,1-3H3/b19-16-,27-25-/t51-/m0/s1. The van der Waals surface area contributed by atoms with Gasteiger partial charge in [-0.15, -0.1) is 0 Å². The van der Waals surface area contributed by atoms with Gasteiger partial charge in [0.1, 0.15) is 13.2 Å². The molecule has 0 aliphatic rings. The van der Waals surface area contributed by atoms with Crippen molar-refractivity contribution in [2.75, 3.05) is 13.2 Å². The Balaban J connectivity index is 4.35. The van der Waals surface area contributed by atoms with Crippen LogP contribution in [0.15, 0.2) is 24.3 Å². The molecule has 0 unspecified atom stereocenters. The molecule has 0 aromatic heterocycles. The van der Waals surface area contributed by atoms with Crippen molar-refractivity contribution in [1.82, 2.24) is 0 Å². The summed E-state index contributed by atoms with van der Waals surface area (Å²) in [5.41, 5.74) is 0. The fourth-order valence-corrected chi connectivity index (χ4v) is 7.71. The Morgan fingerprint density at radius 1 is 0.333 bits per heavy atom. The van der Waals surface area contributed by atoms with Gasteiger partial charge in [0.2, 0.25) is 0 Å². The first kappa shape index (κ1) is 57.9. The van der Waals surface area contributed by atoms with Crippen LogP contribution in [-0.2, 0) is 28.6 Å². The van der Waals surface area contributed by atoms with E-state index < -0.39 is 6.10 Å². The van der Waals surface area contributed by atoms with Crippen LogP contribution < -0.4 is 0 Å². The van der Waals surface area contributed by atoms with Crippen LogP contribution in [0.2, 0.25) is 0 Å². The maximum absolute atomic E-state index is 12.8. The topological polar surface area (TPSA) is 78.9 Å². The van der Waals surface area contributed by atoms with Crippen LogP contribution in [0.4, 0.5) is 0 Å². The van der Waals surface area contributed by atoms with Crippen LogP contribution in [0.1, 0.15) is 284 Å². The first-order valence-corrected chi connectivity index (χ1v) is 26.3. The highest BCUT2D eigenvalue weighted by Crippen LogP contribution is 2.16. The maximum atomic E-state index is 12.8. The fraction of sp³-hybridized carbons (Fsp3) is 0.870. The van der Waals surface area contributed by atoms with Crippen molar-refractivity contribution < 1.29 is 28.6 Å². The van der Waals surface area contributed by atoms with Gasteiger partial charge in [0.15, 0.2) is 6.10 Å². The minimum absolute atomic E-state index is 0.0708. The molecule has 60 heavy (non-hydrogen) atoms. The summed E-state index contributed by atoms with van der Waals surface area (Å²) in [5, 5.41) is 0. The van der Waals surface area contributed by atoms with Crippen LogP contribution in [0.25, 0.3) is 0 Å². The molecular formula is C54H100O6. The summed E-state index contributed by atoms with van der Waals surface area (Å²) in [7, 11) is 0. The molecule has 0 N–H and O–H groups in total. The molecule has 6 nitrogen and oxygen atoms in total. The lowest BCUT2D eigenvalue weighted by atomic mass is 10.0. The lowest BCUT2D eigenvalue weighted by molar-refractivity contribution is -0.167. The van der Waals surface area contributed by atoms with Crippen LogP contribution in [0.3, 0.4) is 0 Å². The zero-order valence-corrected chi connectivity index (χ0v) is 40.2. The highest BCUT2D eigenvalue weighted by atomic mass is 16.6. The number of ether oxygens (including phenoxy) is 3. The molecule has 0 saturated carbocycles. The van der Waals surface area contributed by atoms with Crippen molar-refractivity contribution >= 4 is 17.9 Å². The number of hydrogen-bond acceptors (Lipinski definition) is 6. The summed E-state index contributed by atoms with van der Waals surface area (Å²) >= 11 is 0. The molecular weight excluding hydrogens is 745 g/mol. The van der Waals surface area contributed by atoms with E-state index in [9.17, 15) is 14.4 Å². The average Bonchev–Trinajstić information content (AvgIpc) is 3.24. The SMILES string of the molecule is CCCCC/C=C\C/C=C\CCCCCCCC(=O)OC[C@H](COC(=O)CCCCCCCCCCCCCC)OC(=O)CCCCCCCCCCCCCCCCC. The Labute approximate surface area is 373 Å². The lowest BCUT2D eigenvalue weighted by Gasteiger charge is -2.18. The van der Waals surface area contributed by atoms with Gasteiger partial charge in [-0.3, -0.25) is 14.4 Å². The number of allylic oxidation sites excluding steroid dienone is 4. The molecule has 0 rings (SSSR count). The summed E-state index contributed by atoms with van der Waals surface area (Å²) in [6.45, 7) is 6.63. The predicted molar refractivity (Wildman–Crippen MR) is 256 cm³/mol. The third kappa shape index (κ3) is 46.9. The summed E-state index contributed by atoms with van der Waals surface area (Å²) < 4.78 is 16.8.